The normalized spacial score (nSPS) is 20.3. The maximum atomic E-state index is 3.42. The van der Waals surface area contributed by atoms with Crippen LogP contribution in [-0.2, 0) is 0 Å². The van der Waals surface area contributed by atoms with Crippen molar-refractivity contribution in [1.29, 1.82) is 0 Å². The van der Waals surface area contributed by atoms with Gasteiger partial charge in [0.25, 0.3) is 0 Å². The van der Waals surface area contributed by atoms with Crippen LogP contribution in [0.25, 0.3) is 0 Å². The molecule has 1 N–H and O–H groups in total. The maximum absolute atomic E-state index is 3.42. The maximum Gasteiger partial charge on any atom is 0.00206 e. The summed E-state index contributed by atoms with van der Waals surface area (Å²) >= 11 is 0. The van der Waals surface area contributed by atoms with Gasteiger partial charge in [-0.05, 0) is 35.9 Å². The van der Waals surface area contributed by atoms with Crippen LogP contribution < -0.4 is 5.32 Å². The minimum atomic E-state index is 0. The SMILES string of the molecule is CC(C)c1cccc(C2CCNC2)c1.Cl. The van der Waals surface area contributed by atoms with Gasteiger partial charge < -0.3 is 5.32 Å². The number of nitrogens with one attached hydrogen (secondary N) is 1. The Morgan fingerprint density at radius 3 is 2.73 bits per heavy atom. The van der Waals surface area contributed by atoms with Crippen LogP contribution in [0.5, 0.6) is 0 Å². The molecule has 1 aliphatic heterocycles. The first kappa shape index (κ1) is 12.5. The van der Waals surface area contributed by atoms with E-state index < -0.39 is 0 Å². The standard InChI is InChI=1S/C13H19N.ClH/c1-10(2)11-4-3-5-12(8-11)13-6-7-14-9-13;/h3-5,8,10,13-14H,6-7,9H2,1-2H3;1H. The first-order valence-corrected chi connectivity index (χ1v) is 5.58. The number of halogens is 1. The van der Waals surface area contributed by atoms with E-state index in [2.05, 4.69) is 43.4 Å². The van der Waals surface area contributed by atoms with E-state index in [9.17, 15) is 0 Å². The van der Waals surface area contributed by atoms with Crippen molar-refractivity contribution in [2.75, 3.05) is 13.1 Å². The van der Waals surface area contributed by atoms with E-state index in [0.29, 0.717) is 5.92 Å². The predicted octanol–water partition coefficient (Wildman–Crippen LogP) is 3.31. The molecule has 0 aliphatic carbocycles. The average molecular weight is 226 g/mol. The van der Waals surface area contributed by atoms with Crippen molar-refractivity contribution >= 4 is 12.4 Å². The van der Waals surface area contributed by atoms with Gasteiger partial charge in [0.1, 0.15) is 0 Å². The molecule has 0 amide bonds. The van der Waals surface area contributed by atoms with Gasteiger partial charge in [0, 0.05) is 6.54 Å². The Kier molecular flexibility index (Phi) is 4.62. The van der Waals surface area contributed by atoms with Crippen molar-refractivity contribution in [3.63, 3.8) is 0 Å². The van der Waals surface area contributed by atoms with Crippen LogP contribution in [0.4, 0.5) is 0 Å². The van der Waals surface area contributed by atoms with Gasteiger partial charge in [0.05, 0.1) is 0 Å². The van der Waals surface area contributed by atoms with Gasteiger partial charge in [-0.25, -0.2) is 0 Å². The Morgan fingerprint density at radius 1 is 1.33 bits per heavy atom. The smallest absolute Gasteiger partial charge is 0.00206 e. The molecule has 15 heavy (non-hydrogen) atoms. The first-order valence-electron chi connectivity index (χ1n) is 5.58. The Bertz CT molecular complexity index is 303. The van der Waals surface area contributed by atoms with Gasteiger partial charge in [-0.15, -0.1) is 12.4 Å². The molecule has 0 bridgehead atoms. The van der Waals surface area contributed by atoms with Crippen molar-refractivity contribution in [3.8, 4) is 0 Å². The topological polar surface area (TPSA) is 12.0 Å². The third kappa shape index (κ3) is 2.96. The summed E-state index contributed by atoms with van der Waals surface area (Å²) in [6.07, 6.45) is 1.29. The van der Waals surface area contributed by atoms with Gasteiger partial charge >= 0.3 is 0 Å². The molecule has 1 atom stereocenters. The monoisotopic (exact) mass is 225 g/mol. The molecule has 0 aromatic heterocycles. The molecule has 0 spiro atoms. The molecule has 1 fully saturated rings. The van der Waals surface area contributed by atoms with Crippen molar-refractivity contribution in [2.45, 2.75) is 32.1 Å². The Morgan fingerprint density at radius 2 is 2.13 bits per heavy atom. The average Bonchev–Trinajstić information content (AvgIpc) is 2.71. The van der Waals surface area contributed by atoms with Crippen LogP contribution in [0.1, 0.15) is 43.2 Å². The fourth-order valence-corrected chi connectivity index (χ4v) is 2.11. The highest BCUT2D eigenvalue weighted by Gasteiger charge is 2.16. The molecule has 1 unspecified atom stereocenters. The quantitative estimate of drug-likeness (QED) is 0.815. The van der Waals surface area contributed by atoms with Gasteiger partial charge in [0.2, 0.25) is 0 Å². The molecular weight excluding hydrogens is 206 g/mol. The Balaban J connectivity index is 0.00000112. The minimum Gasteiger partial charge on any atom is -0.316 e. The molecule has 1 aromatic rings. The van der Waals surface area contributed by atoms with Crippen LogP contribution in [0.3, 0.4) is 0 Å². The largest absolute Gasteiger partial charge is 0.316 e. The summed E-state index contributed by atoms with van der Waals surface area (Å²) in [4.78, 5) is 0. The summed E-state index contributed by atoms with van der Waals surface area (Å²) in [5.74, 6) is 1.39. The highest BCUT2D eigenvalue weighted by atomic mass is 35.5. The van der Waals surface area contributed by atoms with E-state index in [1.54, 1.807) is 0 Å². The summed E-state index contributed by atoms with van der Waals surface area (Å²) < 4.78 is 0. The molecular formula is C13H20ClN. The first-order chi connectivity index (χ1) is 6.77. The summed E-state index contributed by atoms with van der Waals surface area (Å²) in [6, 6.07) is 9.07. The lowest BCUT2D eigenvalue weighted by atomic mass is 9.93. The van der Waals surface area contributed by atoms with E-state index in [0.717, 1.165) is 12.5 Å². The minimum absolute atomic E-state index is 0. The zero-order valence-corrected chi connectivity index (χ0v) is 10.3. The summed E-state index contributed by atoms with van der Waals surface area (Å²) in [6.45, 7) is 6.84. The third-order valence-corrected chi connectivity index (χ3v) is 3.11. The van der Waals surface area contributed by atoms with Crippen molar-refractivity contribution in [3.05, 3.63) is 35.4 Å². The lowest BCUT2D eigenvalue weighted by Gasteiger charge is -2.12. The molecule has 1 heterocycles. The zero-order chi connectivity index (χ0) is 9.97. The second-order valence-electron chi connectivity index (χ2n) is 4.51. The van der Waals surface area contributed by atoms with Crippen LogP contribution in [0.2, 0.25) is 0 Å². The molecule has 0 radical (unpaired) electrons. The van der Waals surface area contributed by atoms with E-state index in [4.69, 9.17) is 0 Å². The van der Waals surface area contributed by atoms with Crippen LogP contribution >= 0.6 is 12.4 Å². The van der Waals surface area contributed by atoms with Crippen LogP contribution in [0.15, 0.2) is 24.3 Å². The van der Waals surface area contributed by atoms with Crippen LogP contribution in [0, 0.1) is 0 Å². The number of hydrogen-bond donors (Lipinski definition) is 1. The van der Waals surface area contributed by atoms with Gasteiger partial charge in [0.15, 0.2) is 0 Å². The summed E-state index contributed by atoms with van der Waals surface area (Å²) in [5, 5.41) is 3.42. The molecule has 1 saturated heterocycles. The Hall–Kier alpha value is -0.530. The molecule has 84 valence electrons. The Labute approximate surface area is 98.7 Å². The molecule has 2 heteroatoms. The lowest BCUT2D eigenvalue weighted by molar-refractivity contribution is 0.757. The zero-order valence-electron chi connectivity index (χ0n) is 9.49. The van der Waals surface area contributed by atoms with Crippen molar-refractivity contribution < 1.29 is 0 Å². The second-order valence-corrected chi connectivity index (χ2v) is 4.51. The molecule has 1 aliphatic rings. The molecule has 1 aromatic carbocycles. The fourth-order valence-electron chi connectivity index (χ4n) is 2.11. The van der Waals surface area contributed by atoms with Gasteiger partial charge in [-0.2, -0.15) is 0 Å². The highest BCUT2D eigenvalue weighted by molar-refractivity contribution is 5.85. The van der Waals surface area contributed by atoms with E-state index in [-0.39, 0.29) is 12.4 Å². The number of benzene rings is 1. The molecule has 1 nitrogen and oxygen atoms in total. The number of rotatable bonds is 2. The number of hydrogen-bond acceptors (Lipinski definition) is 1. The van der Waals surface area contributed by atoms with E-state index in [1.807, 2.05) is 0 Å². The molecule has 0 saturated carbocycles. The second kappa shape index (κ2) is 5.53. The van der Waals surface area contributed by atoms with Crippen molar-refractivity contribution in [1.82, 2.24) is 5.32 Å². The van der Waals surface area contributed by atoms with Crippen LogP contribution in [-0.4, -0.2) is 13.1 Å². The summed E-state index contributed by atoms with van der Waals surface area (Å²) in [5.41, 5.74) is 2.98. The van der Waals surface area contributed by atoms with E-state index >= 15 is 0 Å². The lowest BCUT2D eigenvalue weighted by Crippen LogP contribution is -2.08. The van der Waals surface area contributed by atoms with E-state index in [1.165, 1.54) is 24.1 Å². The highest BCUT2D eigenvalue weighted by Crippen LogP contribution is 2.25. The summed E-state index contributed by atoms with van der Waals surface area (Å²) in [7, 11) is 0. The van der Waals surface area contributed by atoms with Gasteiger partial charge in [-0.1, -0.05) is 38.1 Å². The fraction of sp³-hybridized carbons (Fsp3) is 0.538. The van der Waals surface area contributed by atoms with Gasteiger partial charge in [-0.3, -0.25) is 0 Å². The molecule has 2 rings (SSSR count). The van der Waals surface area contributed by atoms with Crippen molar-refractivity contribution in [2.24, 2.45) is 0 Å². The third-order valence-electron chi connectivity index (χ3n) is 3.11. The predicted molar refractivity (Wildman–Crippen MR) is 68.0 cm³/mol.